The second kappa shape index (κ2) is 9.75. The fourth-order valence-corrected chi connectivity index (χ4v) is 2.72. The van der Waals surface area contributed by atoms with Crippen molar-refractivity contribution in [1.82, 2.24) is 19.6 Å². The van der Waals surface area contributed by atoms with E-state index in [1.165, 1.54) is 4.90 Å². The highest BCUT2D eigenvalue weighted by Gasteiger charge is 2.29. The molecule has 0 aliphatic carbocycles. The predicted molar refractivity (Wildman–Crippen MR) is 92.9 cm³/mol. The lowest BCUT2D eigenvalue weighted by atomic mass is 10.2. The van der Waals surface area contributed by atoms with Crippen molar-refractivity contribution in [3.63, 3.8) is 0 Å². The molecule has 2 rings (SSSR count). The van der Waals surface area contributed by atoms with Crippen LogP contribution in [0.3, 0.4) is 0 Å². The van der Waals surface area contributed by atoms with E-state index in [1.807, 2.05) is 0 Å². The first-order valence-corrected chi connectivity index (χ1v) is 7.28. The largest absolute Gasteiger partial charge is 0.337 e. The standard InChI is InChI=1S/C14H23N5O2.2ClH/c1-11(19-8-4-6-16-19)14(21)17(2)10-13(20)18-7-3-5-12(18)9-15;;/h4,6,8,11-12H,3,5,7,9-10,15H2,1-2H3;2*1H. The van der Waals surface area contributed by atoms with Gasteiger partial charge in [0, 0.05) is 38.6 Å². The Morgan fingerprint density at radius 3 is 2.70 bits per heavy atom. The van der Waals surface area contributed by atoms with Gasteiger partial charge in [0.05, 0.1) is 6.54 Å². The van der Waals surface area contributed by atoms with E-state index < -0.39 is 6.04 Å². The quantitative estimate of drug-likeness (QED) is 0.831. The molecule has 2 amide bonds. The highest BCUT2D eigenvalue weighted by Crippen LogP contribution is 2.17. The number of likely N-dealkylation sites (tertiary alicyclic amines) is 1. The Kier molecular flexibility index (Phi) is 9.19. The number of halogens is 2. The number of carbonyl (C=O) groups excluding carboxylic acids is 2. The van der Waals surface area contributed by atoms with Crippen LogP contribution in [0.5, 0.6) is 0 Å². The molecule has 1 saturated heterocycles. The summed E-state index contributed by atoms with van der Waals surface area (Å²) >= 11 is 0. The third kappa shape index (κ3) is 5.09. The van der Waals surface area contributed by atoms with E-state index in [-0.39, 0.29) is 49.2 Å². The summed E-state index contributed by atoms with van der Waals surface area (Å²) in [5.74, 6) is -0.165. The molecule has 0 aromatic carbocycles. The maximum atomic E-state index is 12.3. The molecule has 23 heavy (non-hydrogen) atoms. The Balaban J connectivity index is 0.00000242. The number of amides is 2. The molecule has 0 radical (unpaired) electrons. The van der Waals surface area contributed by atoms with Crippen molar-refractivity contribution >= 4 is 36.6 Å². The minimum absolute atomic E-state index is 0. The number of rotatable bonds is 5. The van der Waals surface area contributed by atoms with Gasteiger partial charge in [0.25, 0.3) is 0 Å². The minimum Gasteiger partial charge on any atom is -0.337 e. The molecule has 0 spiro atoms. The van der Waals surface area contributed by atoms with Gasteiger partial charge in [0.1, 0.15) is 6.04 Å². The lowest BCUT2D eigenvalue weighted by Gasteiger charge is -2.27. The highest BCUT2D eigenvalue weighted by molar-refractivity contribution is 5.86. The fourth-order valence-electron chi connectivity index (χ4n) is 2.72. The maximum Gasteiger partial charge on any atom is 0.247 e. The van der Waals surface area contributed by atoms with Crippen LogP contribution in [0, 0.1) is 0 Å². The summed E-state index contributed by atoms with van der Waals surface area (Å²) < 4.78 is 1.59. The Morgan fingerprint density at radius 2 is 2.13 bits per heavy atom. The van der Waals surface area contributed by atoms with Crippen LogP contribution in [0.2, 0.25) is 0 Å². The molecule has 1 fully saturated rings. The van der Waals surface area contributed by atoms with Crippen LogP contribution in [-0.4, -0.2) is 64.1 Å². The molecule has 1 aromatic heterocycles. The Morgan fingerprint density at radius 1 is 1.43 bits per heavy atom. The second-order valence-electron chi connectivity index (χ2n) is 5.48. The van der Waals surface area contributed by atoms with Crippen molar-refractivity contribution in [1.29, 1.82) is 0 Å². The van der Waals surface area contributed by atoms with E-state index in [1.54, 1.807) is 42.0 Å². The van der Waals surface area contributed by atoms with Crippen LogP contribution in [0.1, 0.15) is 25.8 Å². The smallest absolute Gasteiger partial charge is 0.247 e. The van der Waals surface area contributed by atoms with E-state index in [9.17, 15) is 9.59 Å². The van der Waals surface area contributed by atoms with E-state index >= 15 is 0 Å². The Hall–Kier alpha value is -1.31. The van der Waals surface area contributed by atoms with Crippen molar-refractivity contribution < 1.29 is 9.59 Å². The van der Waals surface area contributed by atoms with E-state index in [0.29, 0.717) is 6.54 Å². The molecule has 1 aromatic rings. The zero-order valence-corrected chi connectivity index (χ0v) is 15.1. The van der Waals surface area contributed by atoms with Crippen LogP contribution < -0.4 is 5.73 Å². The molecule has 0 saturated carbocycles. The molecule has 2 N–H and O–H groups in total. The summed E-state index contributed by atoms with van der Waals surface area (Å²) in [6, 6.07) is 1.47. The number of carbonyl (C=O) groups is 2. The topological polar surface area (TPSA) is 84.5 Å². The van der Waals surface area contributed by atoms with Crippen molar-refractivity contribution in [3.8, 4) is 0 Å². The summed E-state index contributed by atoms with van der Waals surface area (Å²) in [7, 11) is 1.65. The van der Waals surface area contributed by atoms with E-state index in [4.69, 9.17) is 5.73 Å². The summed E-state index contributed by atoms with van der Waals surface area (Å²) in [6.07, 6.45) is 5.30. The summed E-state index contributed by atoms with van der Waals surface area (Å²) in [6.45, 7) is 3.07. The average molecular weight is 366 g/mol. The molecular formula is C14H25Cl2N5O2. The zero-order valence-electron chi connectivity index (χ0n) is 13.4. The molecule has 0 bridgehead atoms. The second-order valence-corrected chi connectivity index (χ2v) is 5.48. The molecule has 2 unspecified atom stereocenters. The van der Waals surface area contributed by atoms with Crippen LogP contribution in [0.4, 0.5) is 0 Å². The minimum atomic E-state index is -0.415. The van der Waals surface area contributed by atoms with Gasteiger partial charge in [-0.2, -0.15) is 5.10 Å². The molecule has 1 aliphatic heterocycles. The number of likely N-dealkylation sites (N-methyl/N-ethyl adjacent to an activating group) is 1. The van der Waals surface area contributed by atoms with Crippen LogP contribution >= 0.6 is 24.8 Å². The fraction of sp³-hybridized carbons (Fsp3) is 0.643. The molecule has 9 heteroatoms. The third-order valence-corrected chi connectivity index (χ3v) is 4.00. The van der Waals surface area contributed by atoms with Crippen molar-refractivity contribution in [2.45, 2.75) is 31.8 Å². The number of nitrogens with zero attached hydrogens (tertiary/aromatic N) is 4. The first-order valence-electron chi connectivity index (χ1n) is 7.28. The van der Waals surface area contributed by atoms with Gasteiger partial charge in [0.2, 0.25) is 11.8 Å². The van der Waals surface area contributed by atoms with Gasteiger partial charge in [0.15, 0.2) is 0 Å². The summed E-state index contributed by atoms with van der Waals surface area (Å²) in [5.41, 5.74) is 5.68. The Bertz CT molecular complexity index is 497. The number of aromatic nitrogens is 2. The SMILES string of the molecule is CC(C(=O)N(C)CC(=O)N1CCCC1CN)n1cccn1.Cl.Cl. The predicted octanol–water partition coefficient (Wildman–Crippen LogP) is 0.696. The zero-order chi connectivity index (χ0) is 15.4. The van der Waals surface area contributed by atoms with Gasteiger partial charge in [-0.15, -0.1) is 24.8 Å². The molecule has 7 nitrogen and oxygen atoms in total. The maximum absolute atomic E-state index is 12.3. The number of hydrogen-bond donors (Lipinski definition) is 1. The summed E-state index contributed by atoms with van der Waals surface area (Å²) in [5, 5.41) is 4.06. The Labute approximate surface area is 149 Å². The van der Waals surface area contributed by atoms with Gasteiger partial charge < -0.3 is 15.5 Å². The first-order chi connectivity index (χ1) is 10.0. The number of hydrogen-bond acceptors (Lipinski definition) is 4. The first kappa shape index (κ1) is 21.7. The monoisotopic (exact) mass is 365 g/mol. The van der Waals surface area contributed by atoms with Crippen molar-refractivity contribution in [2.75, 3.05) is 26.7 Å². The third-order valence-electron chi connectivity index (χ3n) is 4.00. The molecular weight excluding hydrogens is 341 g/mol. The van der Waals surface area contributed by atoms with E-state index in [2.05, 4.69) is 5.10 Å². The molecule has 1 aliphatic rings. The summed E-state index contributed by atoms with van der Waals surface area (Å²) in [4.78, 5) is 27.9. The molecule has 132 valence electrons. The van der Waals surface area contributed by atoms with Crippen LogP contribution in [0.15, 0.2) is 18.5 Å². The van der Waals surface area contributed by atoms with Crippen molar-refractivity contribution in [3.05, 3.63) is 18.5 Å². The van der Waals surface area contributed by atoms with Crippen LogP contribution in [-0.2, 0) is 9.59 Å². The average Bonchev–Trinajstić information content (AvgIpc) is 3.15. The van der Waals surface area contributed by atoms with Gasteiger partial charge >= 0.3 is 0 Å². The molecule has 2 heterocycles. The number of nitrogens with two attached hydrogens (primary N) is 1. The van der Waals surface area contributed by atoms with Gasteiger partial charge in [-0.3, -0.25) is 14.3 Å². The van der Waals surface area contributed by atoms with Gasteiger partial charge in [-0.1, -0.05) is 0 Å². The molecule has 2 atom stereocenters. The lowest BCUT2D eigenvalue weighted by Crippen LogP contribution is -2.46. The normalized spacial score (nSPS) is 17.9. The van der Waals surface area contributed by atoms with Gasteiger partial charge in [-0.05, 0) is 25.8 Å². The van der Waals surface area contributed by atoms with E-state index in [0.717, 1.165) is 19.4 Å². The van der Waals surface area contributed by atoms with Crippen molar-refractivity contribution in [2.24, 2.45) is 5.73 Å². The lowest BCUT2D eigenvalue weighted by molar-refractivity contribution is -0.141. The van der Waals surface area contributed by atoms with Gasteiger partial charge in [-0.25, -0.2) is 0 Å². The van der Waals surface area contributed by atoms with Crippen LogP contribution in [0.25, 0.3) is 0 Å². The highest BCUT2D eigenvalue weighted by atomic mass is 35.5.